The van der Waals surface area contributed by atoms with Crippen molar-refractivity contribution in [2.24, 2.45) is 0 Å². The number of hydrogen-bond acceptors (Lipinski definition) is 2. The Balaban J connectivity index is 1.89. The smallest absolute Gasteiger partial charge is 0.237 e. The van der Waals surface area contributed by atoms with Crippen LogP contribution in [0.1, 0.15) is 43.9 Å². The molecule has 3 heteroatoms. The van der Waals surface area contributed by atoms with Gasteiger partial charge in [-0.2, -0.15) is 0 Å². The molecule has 1 unspecified atom stereocenters. The Morgan fingerprint density at radius 3 is 2.67 bits per heavy atom. The Labute approximate surface area is 109 Å². The van der Waals surface area contributed by atoms with Crippen LogP contribution >= 0.6 is 0 Å². The van der Waals surface area contributed by atoms with Crippen LogP contribution in [0.5, 0.6) is 0 Å². The minimum atomic E-state index is -0.152. The fourth-order valence-electron chi connectivity index (χ4n) is 2.04. The van der Waals surface area contributed by atoms with E-state index >= 15 is 0 Å². The van der Waals surface area contributed by atoms with Crippen molar-refractivity contribution in [1.29, 1.82) is 0 Å². The van der Waals surface area contributed by atoms with E-state index in [1.807, 2.05) is 6.92 Å². The van der Waals surface area contributed by atoms with Gasteiger partial charge in [0, 0.05) is 12.1 Å². The van der Waals surface area contributed by atoms with E-state index in [-0.39, 0.29) is 18.0 Å². The van der Waals surface area contributed by atoms with Gasteiger partial charge in [-0.3, -0.25) is 10.1 Å². The molecule has 2 N–H and O–H groups in total. The monoisotopic (exact) mass is 246 g/mol. The van der Waals surface area contributed by atoms with E-state index in [0.717, 1.165) is 12.8 Å². The first-order valence-electron chi connectivity index (χ1n) is 6.69. The van der Waals surface area contributed by atoms with Crippen LogP contribution in [0.2, 0.25) is 0 Å². The summed E-state index contributed by atoms with van der Waals surface area (Å²) in [5.41, 5.74) is 2.47. The lowest BCUT2D eigenvalue weighted by Crippen LogP contribution is -2.43. The van der Waals surface area contributed by atoms with E-state index in [1.165, 1.54) is 11.1 Å². The van der Waals surface area contributed by atoms with Crippen LogP contribution in [0.4, 0.5) is 0 Å². The Kier molecular flexibility index (Phi) is 4.02. The number of rotatable bonds is 5. The highest BCUT2D eigenvalue weighted by Crippen LogP contribution is 2.19. The van der Waals surface area contributed by atoms with Gasteiger partial charge in [0.2, 0.25) is 5.91 Å². The molecular formula is C15H22N2O. The van der Waals surface area contributed by atoms with E-state index in [9.17, 15) is 4.79 Å². The quantitative estimate of drug-likeness (QED) is 0.837. The Morgan fingerprint density at radius 1 is 1.33 bits per heavy atom. The zero-order valence-electron chi connectivity index (χ0n) is 11.4. The Morgan fingerprint density at radius 2 is 2.06 bits per heavy atom. The zero-order chi connectivity index (χ0) is 13.1. The molecule has 2 atom stereocenters. The van der Waals surface area contributed by atoms with E-state index < -0.39 is 0 Å². The molecule has 1 aromatic carbocycles. The molecule has 0 radical (unpaired) electrons. The number of carbonyl (C=O) groups is 1. The number of nitrogens with one attached hydrogen (secondary N) is 2. The molecule has 0 saturated heterocycles. The van der Waals surface area contributed by atoms with E-state index in [1.54, 1.807) is 0 Å². The summed E-state index contributed by atoms with van der Waals surface area (Å²) in [5.74, 6) is 0.108. The first-order valence-corrected chi connectivity index (χ1v) is 6.69. The molecule has 0 aliphatic heterocycles. The normalized spacial score (nSPS) is 18.2. The van der Waals surface area contributed by atoms with Crippen LogP contribution in [-0.2, 0) is 4.79 Å². The maximum Gasteiger partial charge on any atom is 0.237 e. The molecule has 0 bridgehead atoms. The predicted molar refractivity (Wildman–Crippen MR) is 73.4 cm³/mol. The minimum absolute atomic E-state index is 0.108. The largest absolute Gasteiger partial charge is 0.352 e. The van der Waals surface area contributed by atoms with Gasteiger partial charge in [-0.1, -0.05) is 29.8 Å². The molecule has 0 aromatic heterocycles. The summed E-state index contributed by atoms with van der Waals surface area (Å²) in [4.78, 5) is 11.9. The lowest BCUT2D eigenvalue weighted by Gasteiger charge is -2.20. The highest BCUT2D eigenvalue weighted by atomic mass is 16.2. The topological polar surface area (TPSA) is 41.1 Å². The van der Waals surface area contributed by atoms with Crippen LogP contribution in [0.3, 0.4) is 0 Å². The Bertz CT molecular complexity index is 426. The molecule has 98 valence electrons. The Hall–Kier alpha value is -1.35. The second kappa shape index (κ2) is 5.53. The van der Waals surface area contributed by atoms with Crippen molar-refractivity contribution >= 4 is 5.91 Å². The lowest BCUT2D eigenvalue weighted by molar-refractivity contribution is -0.123. The number of amides is 1. The molecule has 1 aliphatic rings. The maximum atomic E-state index is 11.9. The summed E-state index contributed by atoms with van der Waals surface area (Å²) in [7, 11) is 0. The lowest BCUT2D eigenvalue weighted by atomic mass is 10.1. The van der Waals surface area contributed by atoms with Crippen molar-refractivity contribution in [1.82, 2.24) is 10.6 Å². The van der Waals surface area contributed by atoms with E-state index in [0.29, 0.717) is 6.04 Å². The molecule has 1 saturated carbocycles. The SMILES string of the molecule is Cc1cccc([C@H](C)NC(C)C(=O)NC2CC2)c1. The highest BCUT2D eigenvalue weighted by Gasteiger charge is 2.26. The first kappa shape index (κ1) is 13.1. The fourth-order valence-corrected chi connectivity index (χ4v) is 2.04. The third-order valence-corrected chi connectivity index (χ3v) is 3.36. The molecule has 18 heavy (non-hydrogen) atoms. The number of benzene rings is 1. The number of hydrogen-bond donors (Lipinski definition) is 2. The number of aryl methyl sites for hydroxylation is 1. The average molecular weight is 246 g/mol. The van der Waals surface area contributed by atoms with Crippen molar-refractivity contribution in [3.63, 3.8) is 0 Å². The van der Waals surface area contributed by atoms with E-state index in [2.05, 4.69) is 48.7 Å². The molecule has 0 spiro atoms. The van der Waals surface area contributed by atoms with Gasteiger partial charge in [-0.15, -0.1) is 0 Å². The van der Waals surface area contributed by atoms with Crippen molar-refractivity contribution in [2.45, 2.75) is 51.7 Å². The zero-order valence-corrected chi connectivity index (χ0v) is 11.4. The van der Waals surface area contributed by atoms with Gasteiger partial charge in [-0.05, 0) is 39.2 Å². The summed E-state index contributed by atoms with van der Waals surface area (Å²) in [6, 6.07) is 8.85. The van der Waals surface area contributed by atoms with Crippen LogP contribution in [0.15, 0.2) is 24.3 Å². The van der Waals surface area contributed by atoms with Crippen LogP contribution in [0.25, 0.3) is 0 Å². The van der Waals surface area contributed by atoms with E-state index in [4.69, 9.17) is 0 Å². The van der Waals surface area contributed by atoms with Crippen LogP contribution in [-0.4, -0.2) is 18.0 Å². The molecule has 0 heterocycles. The van der Waals surface area contributed by atoms with Gasteiger partial charge < -0.3 is 5.32 Å². The average Bonchev–Trinajstić information content (AvgIpc) is 3.12. The standard InChI is InChI=1S/C15H22N2O/c1-10-5-4-6-13(9-10)11(2)16-12(3)15(18)17-14-7-8-14/h4-6,9,11-12,14,16H,7-8H2,1-3H3,(H,17,18)/t11-,12?/m0/s1. The van der Waals surface area contributed by atoms with Gasteiger partial charge in [0.25, 0.3) is 0 Å². The van der Waals surface area contributed by atoms with Crippen LogP contribution in [0, 0.1) is 6.92 Å². The van der Waals surface area contributed by atoms with Gasteiger partial charge in [-0.25, -0.2) is 0 Å². The molecule has 1 amide bonds. The van der Waals surface area contributed by atoms with Gasteiger partial charge in [0.1, 0.15) is 0 Å². The summed E-state index contributed by atoms with van der Waals surface area (Å²) in [5, 5.41) is 6.36. The molecular weight excluding hydrogens is 224 g/mol. The fraction of sp³-hybridized carbons (Fsp3) is 0.533. The van der Waals surface area contributed by atoms with Gasteiger partial charge in [0.05, 0.1) is 6.04 Å². The molecule has 1 aliphatic carbocycles. The third kappa shape index (κ3) is 3.57. The molecule has 1 fully saturated rings. The highest BCUT2D eigenvalue weighted by molar-refractivity contribution is 5.81. The second-order valence-electron chi connectivity index (χ2n) is 5.31. The predicted octanol–water partition coefficient (Wildman–Crippen LogP) is 2.31. The molecule has 2 rings (SSSR count). The van der Waals surface area contributed by atoms with Gasteiger partial charge >= 0.3 is 0 Å². The molecule has 1 aromatic rings. The second-order valence-corrected chi connectivity index (χ2v) is 5.31. The summed E-state index contributed by atoms with van der Waals surface area (Å²) >= 11 is 0. The number of carbonyl (C=O) groups excluding carboxylic acids is 1. The third-order valence-electron chi connectivity index (χ3n) is 3.36. The summed E-state index contributed by atoms with van der Waals surface area (Å²) in [6.45, 7) is 6.10. The van der Waals surface area contributed by atoms with Crippen molar-refractivity contribution in [3.05, 3.63) is 35.4 Å². The first-order chi connectivity index (χ1) is 8.56. The van der Waals surface area contributed by atoms with Crippen molar-refractivity contribution in [3.8, 4) is 0 Å². The summed E-state index contributed by atoms with van der Waals surface area (Å²) < 4.78 is 0. The van der Waals surface area contributed by atoms with Crippen molar-refractivity contribution in [2.75, 3.05) is 0 Å². The maximum absolute atomic E-state index is 11.9. The van der Waals surface area contributed by atoms with Gasteiger partial charge in [0.15, 0.2) is 0 Å². The van der Waals surface area contributed by atoms with Crippen molar-refractivity contribution < 1.29 is 4.79 Å². The van der Waals surface area contributed by atoms with Crippen LogP contribution < -0.4 is 10.6 Å². The summed E-state index contributed by atoms with van der Waals surface area (Å²) in [6.07, 6.45) is 2.26. The minimum Gasteiger partial charge on any atom is -0.352 e. The molecule has 3 nitrogen and oxygen atoms in total.